The first-order valence-electron chi connectivity index (χ1n) is 7.05. The molecule has 0 radical (unpaired) electrons. The minimum atomic E-state index is -3.53. The molecular weight excluding hydrogens is 290 g/mol. The first-order chi connectivity index (χ1) is 10.1. The van der Waals surface area contributed by atoms with Crippen molar-refractivity contribution in [2.45, 2.75) is 11.8 Å². The third-order valence-electron chi connectivity index (χ3n) is 3.68. The van der Waals surface area contributed by atoms with Crippen LogP contribution >= 0.6 is 0 Å². The number of guanidine groups is 1. The Labute approximate surface area is 125 Å². The SMILES string of the molecule is Cc1ccc(S(=O)(=O)N2CCN=C2N2CCOCC2)cc1. The van der Waals surface area contributed by atoms with Gasteiger partial charge in [-0.2, -0.15) is 0 Å². The van der Waals surface area contributed by atoms with Crippen LogP contribution in [0.5, 0.6) is 0 Å². The molecule has 0 amide bonds. The van der Waals surface area contributed by atoms with Crippen molar-refractivity contribution in [3.8, 4) is 0 Å². The molecule has 1 fully saturated rings. The molecular formula is C14H19N3O3S. The summed E-state index contributed by atoms with van der Waals surface area (Å²) in [4.78, 5) is 6.69. The number of aliphatic imine (C=N–C) groups is 1. The molecule has 2 heterocycles. The smallest absolute Gasteiger partial charge is 0.266 e. The molecule has 0 unspecified atom stereocenters. The lowest BCUT2D eigenvalue weighted by Gasteiger charge is -2.32. The lowest BCUT2D eigenvalue weighted by Crippen LogP contribution is -2.49. The van der Waals surface area contributed by atoms with Crippen LogP contribution in [0.3, 0.4) is 0 Å². The zero-order valence-corrected chi connectivity index (χ0v) is 12.8. The Bertz CT molecular complexity index is 634. The fourth-order valence-electron chi connectivity index (χ4n) is 2.51. The predicted octanol–water partition coefficient (Wildman–Crippen LogP) is 0.688. The summed E-state index contributed by atoms with van der Waals surface area (Å²) in [5, 5.41) is 0. The highest BCUT2D eigenvalue weighted by atomic mass is 32.2. The molecule has 6 nitrogen and oxygen atoms in total. The van der Waals surface area contributed by atoms with E-state index in [1.54, 1.807) is 12.1 Å². The van der Waals surface area contributed by atoms with Gasteiger partial charge in [0, 0.05) is 13.1 Å². The maximum absolute atomic E-state index is 12.8. The fraction of sp³-hybridized carbons (Fsp3) is 0.500. The lowest BCUT2D eigenvalue weighted by molar-refractivity contribution is 0.0652. The Hall–Kier alpha value is -1.60. The maximum atomic E-state index is 12.8. The monoisotopic (exact) mass is 309 g/mol. The first kappa shape index (κ1) is 14.3. The van der Waals surface area contributed by atoms with Crippen LogP contribution in [0.4, 0.5) is 0 Å². The van der Waals surface area contributed by atoms with Crippen LogP contribution in [0.1, 0.15) is 5.56 Å². The van der Waals surface area contributed by atoms with Gasteiger partial charge < -0.3 is 9.64 Å². The van der Waals surface area contributed by atoms with E-state index in [1.807, 2.05) is 24.0 Å². The van der Waals surface area contributed by atoms with Crippen LogP contribution in [0.25, 0.3) is 0 Å². The van der Waals surface area contributed by atoms with Crippen molar-refractivity contribution in [3.63, 3.8) is 0 Å². The van der Waals surface area contributed by atoms with E-state index in [9.17, 15) is 8.42 Å². The summed E-state index contributed by atoms with van der Waals surface area (Å²) in [6, 6.07) is 6.93. The number of nitrogens with zero attached hydrogens (tertiary/aromatic N) is 3. The van der Waals surface area contributed by atoms with Crippen LogP contribution in [0, 0.1) is 6.92 Å². The highest BCUT2D eigenvalue weighted by molar-refractivity contribution is 7.89. The average molecular weight is 309 g/mol. The average Bonchev–Trinajstić information content (AvgIpc) is 2.99. The number of hydrogen-bond acceptors (Lipinski definition) is 5. The van der Waals surface area contributed by atoms with E-state index in [2.05, 4.69) is 4.99 Å². The van der Waals surface area contributed by atoms with Gasteiger partial charge in [-0.05, 0) is 19.1 Å². The number of sulfonamides is 1. The number of morpholine rings is 1. The van der Waals surface area contributed by atoms with Crippen molar-refractivity contribution in [1.82, 2.24) is 9.21 Å². The molecule has 0 saturated carbocycles. The second kappa shape index (κ2) is 5.65. The largest absolute Gasteiger partial charge is 0.378 e. The fourth-order valence-corrected chi connectivity index (χ4v) is 3.95. The first-order valence-corrected chi connectivity index (χ1v) is 8.49. The number of aryl methyl sites for hydroxylation is 1. The van der Waals surface area contributed by atoms with Gasteiger partial charge in [0.25, 0.3) is 10.0 Å². The van der Waals surface area contributed by atoms with Gasteiger partial charge in [0.15, 0.2) is 0 Å². The third kappa shape index (κ3) is 2.75. The van der Waals surface area contributed by atoms with Crippen LogP contribution in [-0.2, 0) is 14.8 Å². The molecule has 0 N–H and O–H groups in total. The van der Waals surface area contributed by atoms with Gasteiger partial charge in [0.1, 0.15) is 0 Å². The van der Waals surface area contributed by atoms with Crippen molar-refractivity contribution in [2.75, 3.05) is 39.4 Å². The van der Waals surface area contributed by atoms with E-state index in [0.29, 0.717) is 50.2 Å². The number of ether oxygens (including phenoxy) is 1. The summed E-state index contributed by atoms with van der Waals surface area (Å²) in [6.07, 6.45) is 0. The van der Waals surface area contributed by atoms with Crippen LogP contribution in [-0.4, -0.2) is 63.0 Å². The second-order valence-corrected chi connectivity index (χ2v) is 7.03. The molecule has 0 aromatic heterocycles. The topological polar surface area (TPSA) is 62.2 Å². The number of hydrogen-bond donors (Lipinski definition) is 0. The summed E-state index contributed by atoms with van der Waals surface area (Å²) in [7, 11) is -3.53. The molecule has 114 valence electrons. The second-order valence-electron chi connectivity index (χ2n) is 5.17. The summed E-state index contributed by atoms with van der Waals surface area (Å²) in [6.45, 7) is 5.43. The molecule has 7 heteroatoms. The van der Waals surface area contributed by atoms with Gasteiger partial charge in [0.2, 0.25) is 5.96 Å². The molecule has 0 bridgehead atoms. The molecule has 0 spiro atoms. The summed E-state index contributed by atoms with van der Waals surface area (Å²) >= 11 is 0. The lowest BCUT2D eigenvalue weighted by atomic mass is 10.2. The Morgan fingerprint density at radius 2 is 1.76 bits per heavy atom. The Morgan fingerprint density at radius 1 is 1.10 bits per heavy atom. The minimum Gasteiger partial charge on any atom is -0.378 e. The van der Waals surface area contributed by atoms with Gasteiger partial charge >= 0.3 is 0 Å². The highest BCUT2D eigenvalue weighted by Crippen LogP contribution is 2.21. The van der Waals surface area contributed by atoms with Crippen molar-refractivity contribution in [3.05, 3.63) is 29.8 Å². The Morgan fingerprint density at radius 3 is 2.43 bits per heavy atom. The molecule has 21 heavy (non-hydrogen) atoms. The Kier molecular flexibility index (Phi) is 3.86. The number of benzene rings is 1. The van der Waals surface area contributed by atoms with Gasteiger partial charge in [-0.1, -0.05) is 17.7 Å². The molecule has 2 aliphatic rings. The molecule has 2 aliphatic heterocycles. The summed E-state index contributed by atoms with van der Waals surface area (Å²) in [5.74, 6) is 0.555. The molecule has 1 saturated heterocycles. The van der Waals surface area contributed by atoms with E-state index in [4.69, 9.17) is 4.74 Å². The summed E-state index contributed by atoms with van der Waals surface area (Å²) < 4.78 is 32.3. The maximum Gasteiger partial charge on any atom is 0.266 e. The molecule has 3 rings (SSSR count). The van der Waals surface area contributed by atoms with Gasteiger partial charge in [0.05, 0.1) is 31.2 Å². The van der Waals surface area contributed by atoms with Gasteiger partial charge in [-0.15, -0.1) is 0 Å². The zero-order valence-electron chi connectivity index (χ0n) is 12.0. The molecule has 0 aliphatic carbocycles. The minimum absolute atomic E-state index is 0.316. The van der Waals surface area contributed by atoms with Crippen molar-refractivity contribution < 1.29 is 13.2 Å². The molecule has 0 atom stereocenters. The normalized spacial score (nSPS) is 19.8. The van der Waals surface area contributed by atoms with E-state index in [-0.39, 0.29) is 0 Å². The van der Waals surface area contributed by atoms with Gasteiger partial charge in [-0.25, -0.2) is 12.7 Å². The van der Waals surface area contributed by atoms with Crippen LogP contribution in [0.2, 0.25) is 0 Å². The standard InChI is InChI=1S/C14H19N3O3S/c1-12-2-4-13(5-3-12)21(18,19)17-7-6-15-14(17)16-8-10-20-11-9-16/h2-5H,6-11H2,1H3. The summed E-state index contributed by atoms with van der Waals surface area (Å²) in [5.41, 5.74) is 1.04. The molecule has 1 aromatic carbocycles. The Balaban J connectivity index is 1.87. The third-order valence-corrected chi connectivity index (χ3v) is 5.48. The van der Waals surface area contributed by atoms with Crippen molar-refractivity contribution in [2.24, 2.45) is 4.99 Å². The molecule has 1 aromatic rings. The van der Waals surface area contributed by atoms with Crippen LogP contribution < -0.4 is 0 Å². The van der Waals surface area contributed by atoms with E-state index in [0.717, 1.165) is 5.56 Å². The van der Waals surface area contributed by atoms with Crippen molar-refractivity contribution in [1.29, 1.82) is 0 Å². The van der Waals surface area contributed by atoms with E-state index < -0.39 is 10.0 Å². The zero-order chi connectivity index (χ0) is 14.9. The predicted molar refractivity (Wildman–Crippen MR) is 79.8 cm³/mol. The van der Waals surface area contributed by atoms with Crippen molar-refractivity contribution >= 4 is 16.0 Å². The van der Waals surface area contributed by atoms with Crippen LogP contribution in [0.15, 0.2) is 34.2 Å². The van der Waals surface area contributed by atoms with E-state index in [1.165, 1.54) is 4.31 Å². The van der Waals surface area contributed by atoms with E-state index >= 15 is 0 Å². The number of rotatable bonds is 2. The highest BCUT2D eigenvalue weighted by Gasteiger charge is 2.34. The quantitative estimate of drug-likeness (QED) is 0.806. The van der Waals surface area contributed by atoms with Gasteiger partial charge in [-0.3, -0.25) is 4.99 Å².